The normalized spacial score (nSPS) is 14.8. The third-order valence-corrected chi connectivity index (χ3v) is 3.49. The molecule has 1 aliphatic rings. The van der Waals surface area contributed by atoms with Crippen LogP contribution in [0.5, 0.6) is 5.75 Å². The molecule has 4 nitrogen and oxygen atoms in total. The number of nitrogen functional groups attached to an aromatic ring is 1. The van der Waals surface area contributed by atoms with Crippen molar-refractivity contribution in [2.45, 2.75) is 13.8 Å². The number of hydrogen-bond acceptors (Lipinski definition) is 3. The Labute approximate surface area is 98.9 Å². The van der Waals surface area contributed by atoms with Crippen LogP contribution in [0, 0.1) is 13.8 Å². The van der Waals surface area contributed by atoms with Crippen molar-refractivity contribution in [1.29, 1.82) is 0 Å². The maximum Gasteiger partial charge on any atom is 0.264 e. The van der Waals surface area contributed by atoms with Gasteiger partial charge in [-0.2, -0.15) is 0 Å². The molecule has 0 unspecified atom stereocenters. The average molecular weight is 241 g/mol. The highest BCUT2D eigenvalue weighted by molar-refractivity contribution is 6.33. The molecule has 0 saturated carbocycles. The highest BCUT2D eigenvalue weighted by atomic mass is 35.5. The van der Waals surface area contributed by atoms with Crippen molar-refractivity contribution in [2.24, 2.45) is 0 Å². The van der Waals surface area contributed by atoms with E-state index >= 15 is 0 Å². The second-order valence-corrected chi connectivity index (χ2v) is 4.27. The number of fused-ring (bicyclic) bond motifs is 1. The Kier molecular flexibility index (Phi) is 2.46. The molecule has 0 spiro atoms. The number of hydrogen-bond donors (Lipinski definition) is 1. The predicted molar refractivity (Wildman–Crippen MR) is 64.2 cm³/mol. The minimum absolute atomic E-state index is 0.0220. The number of halogens is 1. The van der Waals surface area contributed by atoms with E-state index in [-0.39, 0.29) is 12.5 Å². The summed E-state index contributed by atoms with van der Waals surface area (Å²) in [5, 5.41) is 0.585. The lowest BCUT2D eigenvalue weighted by Crippen LogP contribution is -2.36. The van der Waals surface area contributed by atoms with Crippen molar-refractivity contribution in [2.75, 3.05) is 24.3 Å². The summed E-state index contributed by atoms with van der Waals surface area (Å²) in [5.41, 5.74) is 8.72. The van der Waals surface area contributed by atoms with Crippen LogP contribution >= 0.6 is 11.6 Å². The van der Waals surface area contributed by atoms with Crippen LogP contribution in [0.1, 0.15) is 11.1 Å². The summed E-state index contributed by atoms with van der Waals surface area (Å²) < 4.78 is 5.38. The van der Waals surface area contributed by atoms with Crippen LogP contribution in [-0.4, -0.2) is 19.6 Å². The van der Waals surface area contributed by atoms with Gasteiger partial charge in [0.1, 0.15) is 0 Å². The Morgan fingerprint density at radius 2 is 2.00 bits per heavy atom. The van der Waals surface area contributed by atoms with Crippen molar-refractivity contribution in [1.82, 2.24) is 0 Å². The number of nitrogens with zero attached hydrogens (tertiary/aromatic N) is 1. The van der Waals surface area contributed by atoms with E-state index in [0.29, 0.717) is 22.1 Å². The van der Waals surface area contributed by atoms with E-state index in [0.717, 1.165) is 11.1 Å². The third-order valence-electron chi connectivity index (χ3n) is 2.93. The first kappa shape index (κ1) is 11.1. The molecule has 16 heavy (non-hydrogen) atoms. The molecule has 1 aliphatic heterocycles. The molecular formula is C11H13ClN2O2. The first-order valence-corrected chi connectivity index (χ1v) is 5.30. The minimum Gasteiger partial charge on any atom is -0.479 e. The molecule has 0 fully saturated rings. The Balaban J connectivity index is 2.77. The number of benzene rings is 1. The molecule has 0 radical (unpaired) electrons. The molecule has 86 valence electrons. The quantitative estimate of drug-likeness (QED) is 0.705. The Hall–Kier alpha value is -1.42. The van der Waals surface area contributed by atoms with E-state index in [1.165, 1.54) is 4.90 Å². The number of carbonyl (C=O) groups is 1. The zero-order chi connectivity index (χ0) is 12.0. The molecule has 0 bridgehead atoms. The molecule has 1 aromatic carbocycles. The van der Waals surface area contributed by atoms with Gasteiger partial charge in [0.25, 0.3) is 5.91 Å². The highest BCUT2D eigenvalue weighted by Crippen LogP contribution is 2.45. The molecule has 1 heterocycles. The van der Waals surface area contributed by atoms with Gasteiger partial charge in [-0.3, -0.25) is 4.79 Å². The lowest BCUT2D eigenvalue weighted by molar-refractivity contribution is -0.120. The minimum atomic E-state index is -0.102. The number of rotatable bonds is 0. The summed E-state index contributed by atoms with van der Waals surface area (Å²) in [5.74, 6) is 0.455. The van der Waals surface area contributed by atoms with E-state index in [2.05, 4.69) is 0 Å². The molecule has 0 saturated heterocycles. The largest absolute Gasteiger partial charge is 0.479 e. The average Bonchev–Trinajstić information content (AvgIpc) is 2.27. The van der Waals surface area contributed by atoms with Crippen LogP contribution in [0.15, 0.2) is 0 Å². The fourth-order valence-electron chi connectivity index (χ4n) is 1.88. The number of nitrogens with two attached hydrogens (primary N) is 1. The van der Waals surface area contributed by atoms with E-state index < -0.39 is 0 Å². The SMILES string of the molecule is Cc1c(N)c2c(c(C)c1Cl)N(C)C(=O)CO2. The summed E-state index contributed by atoms with van der Waals surface area (Å²) in [4.78, 5) is 13.1. The fourth-order valence-corrected chi connectivity index (χ4v) is 2.07. The summed E-state index contributed by atoms with van der Waals surface area (Å²) in [6.45, 7) is 3.71. The summed E-state index contributed by atoms with van der Waals surface area (Å²) in [6, 6.07) is 0. The topological polar surface area (TPSA) is 55.6 Å². The first-order chi connectivity index (χ1) is 7.45. The fraction of sp³-hybridized carbons (Fsp3) is 0.364. The second kappa shape index (κ2) is 3.56. The number of amides is 1. The number of likely N-dealkylation sites (N-methyl/N-ethyl adjacent to an activating group) is 1. The van der Waals surface area contributed by atoms with Gasteiger partial charge in [0, 0.05) is 7.05 Å². The second-order valence-electron chi connectivity index (χ2n) is 3.90. The van der Waals surface area contributed by atoms with Crippen LogP contribution in [0.4, 0.5) is 11.4 Å². The Bertz CT molecular complexity index is 486. The van der Waals surface area contributed by atoms with Crippen LogP contribution in [0.25, 0.3) is 0 Å². The lowest BCUT2D eigenvalue weighted by atomic mass is 10.0. The third kappa shape index (κ3) is 1.33. The molecular weight excluding hydrogens is 228 g/mol. The zero-order valence-electron chi connectivity index (χ0n) is 9.43. The number of carbonyl (C=O) groups excluding carboxylic acids is 1. The molecule has 2 rings (SSSR count). The van der Waals surface area contributed by atoms with E-state index in [1.54, 1.807) is 7.05 Å². The zero-order valence-corrected chi connectivity index (χ0v) is 10.2. The smallest absolute Gasteiger partial charge is 0.264 e. The predicted octanol–water partition coefficient (Wildman–Crippen LogP) is 1.89. The van der Waals surface area contributed by atoms with Crippen LogP contribution in [0.3, 0.4) is 0 Å². The Morgan fingerprint density at radius 3 is 2.62 bits per heavy atom. The van der Waals surface area contributed by atoms with Crippen molar-refractivity contribution in [3.63, 3.8) is 0 Å². The van der Waals surface area contributed by atoms with Gasteiger partial charge in [0.2, 0.25) is 0 Å². The molecule has 5 heteroatoms. The van der Waals surface area contributed by atoms with Crippen molar-refractivity contribution >= 4 is 28.9 Å². The van der Waals surface area contributed by atoms with Crippen molar-refractivity contribution in [3.8, 4) is 5.75 Å². The van der Waals surface area contributed by atoms with Gasteiger partial charge >= 0.3 is 0 Å². The van der Waals surface area contributed by atoms with Crippen LogP contribution in [-0.2, 0) is 4.79 Å². The summed E-state index contributed by atoms with van der Waals surface area (Å²) >= 11 is 6.16. The van der Waals surface area contributed by atoms with E-state index in [9.17, 15) is 4.79 Å². The maximum absolute atomic E-state index is 11.5. The van der Waals surface area contributed by atoms with Gasteiger partial charge in [-0.05, 0) is 25.0 Å². The molecule has 1 amide bonds. The molecule has 0 atom stereocenters. The summed E-state index contributed by atoms with van der Waals surface area (Å²) in [7, 11) is 1.70. The van der Waals surface area contributed by atoms with Gasteiger partial charge in [-0.25, -0.2) is 0 Å². The number of anilines is 2. The lowest BCUT2D eigenvalue weighted by Gasteiger charge is -2.30. The van der Waals surface area contributed by atoms with E-state index in [1.807, 2.05) is 13.8 Å². The van der Waals surface area contributed by atoms with Gasteiger partial charge in [0.15, 0.2) is 12.4 Å². The molecule has 2 N–H and O–H groups in total. The monoisotopic (exact) mass is 240 g/mol. The van der Waals surface area contributed by atoms with Crippen LogP contribution in [0.2, 0.25) is 5.02 Å². The number of ether oxygens (including phenoxy) is 1. The van der Waals surface area contributed by atoms with Gasteiger partial charge in [-0.1, -0.05) is 11.6 Å². The van der Waals surface area contributed by atoms with Gasteiger partial charge in [0.05, 0.1) is 16.4 Å². The summed E-state index contributed by atoms with van der Waals surface area (Å²) in [6.07, 6.45) is 0. The molecule has 0 aliphatic carbocycles. The van der Waals surface area contributed by atoms with E-state index in [4.69, 9.17) is 22.1 Å². The Morgan fingerprint density at radius 1 is 1.38 bits per heavy atom. The molecule has 1 aromatic rings. The highest BCUT2D eigenvalue weighted by Gasteiger charge is 2.28. The maximum atomic E-state index is 11.5. The van der Waals surface area contributed by atoms with Crippen LogP contribution < -0.4 is 15.4 Å². The van der Waals surface area contributed by atoms with Gasteiger partial charge in [-0.15, -0.1) is 0 Å². The van der Waals surface area contributed by atoms with Crippen molar-refractivity contribution in [3.05, 3.63) is 16.1 Å². The standard InChI is InChI=1S/C11H13ClN2O2/c1-5-8(12)6(2)10-11(9(5)13)16-4-7(15)14(10)3/h4,13H2,1-3H3. The van der Waals surface area contributed by atoms with Gasteiger partial charge < -0.3 is 15.4 Å². The first-order valence-electron chi connectivity index (χ1n) is 4.92. The molecule has 0 aromatic heterocycles. The van der Waals surface area contributed by atoms with Crippen molar-refractivity contribution < 1.29 is 9.53 Å².